The van der Waals surface area contributed by atoms with Crippen molar-refractivity contribution in [2.45, 2.75) is 6.10 Å². The smallest absolute Gasteiger partial charge is 0.190 e. The third kappa shape index (κ3) is 0.549. The lowest BCUT2D eigenvalue weighted by Crippen LogP contribution is -2.14. The predicted octanol–water partition coefficient (Wildman–Crippen LogP) is 0.0994. The van der Waals surface area contributed by atoms with Gasteiger partial charge in [0.1, 0.15) is 5.76 Å². The first kappa shape index (κ1) is 4.88. The molecule has 48 valence electrons. The molecule has 0 aromatic heterocycles. The van der Waals surface area contributed by atoms with Gasteiger partial charge in [-0.25, -0.2) is 0 Å². The Balaban J connectivity index is 2.28. The van der Waals surface area contributed by atoms with E-state index in [1.807, 2.05) is 6.08 Å². The van der Waals surface area contributed by atoms with Crippen LogP contribution in [0.2, 0.25) is 0 Å². The van der Waals surface area contributed by atoms with Crippen molar-refractivity contribution < 1.29 is 9.47 Å². The maximum absolute atomic E-state index is 5.52. The first-order chi connectivity index (χ1) is 4.38. The molecular formula is C6H7NO2. The van der Waals surface area contributed by atoms with Gasteiger partial charge in [-0.3, -0.25) is 0 Å². The number of hydrogen-bond donors (Lipinski definition) is 1. The average molecular weight is 125 g/mol. The SMILES string of the molecule is NC1=CC=C2OCOC12. The fourth-order valence-corrected chi connectivity index (χ4v) is 0.990. The van der Waals surface area contributed by atoms with Crippen LogP contribution in [0.25, 0.3) is 0 Å². The lowest BCUT2D eigenvalue weighted by Gasteiger charge is -2.01. The quantitative estimate of drug-likeness (QED) is 0.499. The normalized spacial score (nSPS) is 30.9. The summed E-state index contributed by atoms with van der Waals surface area (Å²) in [5.41, 5.74) is 6.26. The third-order valence-electron chi connectivity index (χ3n) is 1.46. The molecule has 0 bridgehead atoms. The number of nitrogens with two attached hydrogens (primary N) is 1. The van der Waals surface area contributed by atoms with Crippen molar-refractivity contribution in [2.24, 2.45) is 5.73 Å². The molecule has 3 nitrogen and oxygen atoms in total. The van der Waals surface area contributed by atoms with Crippen LogP contribution in [0, 0.1) is 0 Å². The second-order valence-corrected chi connectivity index (χ2v) is 2.04. The standard InChI is InChI=1S/C6H7NO2/c7-4-1-2-5-6(4)9-3-8-5/h1-2,6H,3,7H2. The van der Waals surface area contributed by atoms with Gasteiger partial charge in [-0.05, 0) is 12.2 Å². The average Bonchev–Trinajstić information content (AvgIpc) is 2.35. The van der Waals surface area contributed by atoms with Gasteiger partial charge in [-0.2, -0.15) is 0 Å². The third-order valence-corrected chi connectivity index (χ3v) is 1.46. The summed E-state index contributed by atoms with van der Waals surface area (Å²) in [4.78, 5) is 0. The van der Waals surface area contributed by atoms with Crippen molar-refractivity contribution in [2.75, 3.05) is 6.79 Å². The Kier molecular flexibility index (Phi) is 0.818. The van der Waals surface area contributed by atoms with Gasteiger partial charge in [-0.15, -0.1) is 0 Å². The van der Waals surface area contributed by atoms with E-state index in [-0.39, 0.29) is 6.10 Å². The highest BCUT2D eigenvalue weighted by atomic mass is 16.7. The minimum absolute atomic E-state index is 0.0787. The van der Waals surface area contributed by atoms with Crippen LogP contribution in [0.5, 0.6) is 0 Å². The molecule has 0 spiro atoms. The minimum atomic E-state index is -0.0787. The molecule has 1 unspecified atom stereocenters. The van der Waals surface area contributed by atoms with E-state index in [0.717, 1.165) is 11.5 Å². The molecule has 1 heterocycles. The molecule has 1 aliphatic carbocycles. The highest BCUT2D eigenvalue weighted by Crippen LogP contribution is 2.25. The molecule has 0 aromatic carbocycles. The Labute approximate surface area is 52.7 Å². The van der Waals surface area contributed by atoms with Gasteiger partial charge in [0.25, 0.3) is 0 Å². The van der Waals surface area contributed by atoms with Crippen LogP contribution in [-0.4, -0.2) is 12.9 Å². The summed E-state index contributed by atoms with van der Waals surface area (Å²) < 4.78 is 10.2. The van der Waals surface area contributed by atoms with Crippen molar-refractivity contribution in [1.82, 2.24) is 0 Å². The van der Waals surface area contributed by atoms with Crippen LogP contribution < -0.4 is 5.73 Å². The maximum Gasteiger partial charge on any atom is 0.190 e. The molecular weight excluding hydrogens is 118 g/mol. The minimum Gasteiger partial charge on any atom is -0.469 e. The molecule has 1 atom stereocenters. The van der Waals surface area contributed by atoms with E-state index in [0.29, 0.717) is 6.79 Å². The summed E-state index contributed by atoms with van der Waals surface area (Å²) in [6.07, 6.45) is 3.57. The van der Waals surface area contributed by atoms with Gasteiger partial charge >= 0.3 is 0 Å². The van der Waals surface area contributed by atoms with Crippen LogP contribution >= 0.6 is 0 Å². The lowest BCUT2D eigenvalue weighted by atomic mass is 10.3. The number of allylic oxidation sites excluding steroid dienone is 2. The largest absolute Gasteiger partial charge is 0.469 e. The van der Waals surface area contributed by atoms with Gasteiger partial charge in [0.15, 0.2) is 12.9 Å². The summed E-state index contributed by atoms with van der Waals surface area (Å²) in [7, 11) is 0. The lowest BCUT2D eigenvalue weighted by molar-refractivity contribution is 0.0589. The van der Waals surface area contributed by atoms with Gasteiger partial charge in [-0.1, -0.05) is 0 Å². The molecule has 2 N–H and O–H groups in total. The molecule has 0 radical (unpaired) electrons. The Hall–Kier alpha value is -0.960. The molecule has 3 heteroatoms. The highest BCUT2D eigenvalue weighted by molar-refractivity contribution is 5.32. The first-order valence-electron chi connectivity index (χ1n) is 2.79. The van der Waals surface area contributed by atoms with E-state index in [9.17, 15) is 0 Å². The monoisotopic (exact) mass is 125 g/mol. The predicted molar refractivity (Wildman–Crippen MR) is 31.2 cm³/mol. The number of ether oxygens (including phenoxy) is 2. The van der Waals surface area contributed by atoms with Crippen molar-refractivity contribution in [1.29, 1.82) is 0 Å². The van der Waals surface area contributed by atoms with E-state index < -0.39 is 0 Å². The second kappa shape index (κ2) is 1.51. The molecule has 2 aliphatic rings. The molecule has 9 heavy (non-hydrogen) atoms. The van der Waals surface area contributed by atoms with Gasteiger partial charge in [0.2, 0.25) is 0 Å². The van der Waals surface area contributed by atoms with Gasteiger partial charge in [0, 0.05) is 5.70 Å². The zero-order valence-electron chi connectivity index (χ0n) is 4.83. The first-order valence-corrected chi connectivity index (χ1v) is 2.79. The zero-order valence-corrected chi connectivity index (χ0v) is 4.83. The van der Waals surface area contributed by atoms with E-state index >= 15 is 0 Å². The molecule has 0 aromatic rings. The van der Waals surface area contributed by atoms with Crippen LogP contribution in [0.1, 0.15) is 0 Å². The van der Waals surface area contributed by atoms with Crippen LogP contribution in [-0.2, 0) is 9.47 Å². The van der Waals surface area contributed by atoms with E-state index in [1.54, 1.807) is 6.08 Å². The number of fused-ring (bicyclic) bond motifs is 1. The summed E-state index contributed by atoms with van der Waals surface area (Å²) in [5, 5.41) is 0. The van der Waals surface area contributed by atoms with Gasteiger partial charge < -0.3 is 15.2 Å². The Morgan fingerprint density at radius 3 is 3.22 bits per heavy atom. The summed E-state index contributed by atoms with van der Waals surface area (Å²) >= 11 is 0. The van der Waals surface area contributed by atoms with Crippen LogP contribution in [0.3, 0.4) is 0 Å². The highest BCUT2D eigenvalue weighted by Gasteiger charge is 2.28. The van der Waals surface area contributed by atoms with Crippen molar-refractivity contribution in [3.05, 3.63) is 23.6 Å². The molecule has 1 aliphatic heterocycles. The molecule has 1 fully saturated rings. The van der Waals surface area contributed by atoms with Gasteiger partial charge in [0.05, 0.1) is 0 Å². The fourth-order valence-electron chi connectivity index (χ4n) is 0.990. The van der Waals surface area contributed by atoms with Crippen molar-refractivity contribution in [3.63, 3.8) is 0 Å². The Morgan fingerprint density at radius 2 is 2.44 bits per heavy atom. The van der Waals surface area contributed by atoms with Crippen LogP contribution in [0.4, 0.5) is 0 Å². The maximum atomic E-state index is 5.52. The summed E-state index contributed by atoms with van der Waals surface area (Å²) in [6.45, 7) is 0.338. The Morgan fingerprint density at radius 1 is 1.56 bits per heavy atom. The van der Waals surface area contributed by atoms with Crippen molar-refractivity contribution in [3.8, 4) is 0 Å². The fraction of sp³-hybridized carbons (Fsp3) is 0.333. The Bertz CT molecular complexity index is 195. The van der Waals surface area contributed by atoms with E-state index in [4.69, 9.17) is 15.2 Å². The molecule has 2 rings (SSSR count). The summed E-state index contributed by atoms with van der Waals surface area (Å²) in [6, 6.07) is 0. The van der Waals surface area contributed by atoms with E-state index in [1.165, 1.54) is 0 Å². The molecule has 0 amide bonds. The zero-order chi connectivity index (χ0) is 6.27. The molecule has 0 saturated carbocycles. The summed E-state index contributed by atoms with van der Waals surface area (Å²) in [5.74, 6) is 0.840. The second-order valence-electron chi connectivity index (χ2n) is 2.04. The number of hydrogen-bond acceptors (Lipinski definition) is 3. The molecule has 1 saturated heterocycles. The van der Waals surface area contributed by atoms with E-state index in [2.05, 4.69) is 0 Å². The van der Waals surface area contributed by atoms with Crippen LogP contribution in [0.15, 0.2) is 23.6 Å². The topological polar surface area (TPSA) is 44.5 Å². The van der Waals surface area contributed by atoms with Crippen molar-refractivity contribution >= 4 is 0 Å². The number of rotatable bonds is 0.